The van der Waals surface area contributed by atoms with Gasteiger partial charge >= 0.3 is 0 Å². The third-order valence-electron chi connectivity index (χ3n) is 2.94. The van der Waals surface area contributed by atoms with E-state index in [1.54, 1.807) is 39.8 Å². The number of aryl methyl sites for hydroxylation is 2. The van der Waals surface area contributed by atoms with Gasteiger partial charge in [-0.2, -0.15) is 4.31 Å². The molecule has 0 fully saturated rings. The number of hydrogen-bond acceptors (Lipinski definition) is 3. The molecule has 4 nitrogen and oxygen atoms in total. The molecule has 0 aromatic heterocycles. The van der Waals surface area contributed by atoms with E-state index in [0.717, 1.165) is 5.56 Å². The third-order valence-corrected chi connectivity index (χ3v) is 5.56. The molecule has 0 bridgehead atoms. The summed E-state index contributed by atoms with van der Waals surface area (Å²) in [5.41, 5.74) is 1.33. The predicted octanol–water partition coefficient (Wildman–Crippen LogP) is 2.35. The number of benzene rings is 1. The second-order valence-electron chi connectivity index (χ2n) is 4.80. The molecule has 108 valence electrons. The monoisotopic (exact) mass is 305 g/mol. The van der Waals surface area contributed by atoms with E-state index in [1.807, 2.05) is 0 Å². The lowest BCUT2D eigenvalue weighted by Gasteiger charge is -2.26. The van der Waals surface area contributed by atoms with E-state index in [4.69, 9.17) is 16.7 Å². The molecule has 19 heavy (non-hydrogen) atoms. The van der Waals surface area contributed by atoms with Crippen LogP contribution in [0.3, 0.4) is 0 Å². The second-order valence-corrected chi connectivity index (χ2v) is 7.07. The van der Waals surface area contributed by atoms with Crippen molar-refractivity contribution in [2.75, 3.05) is 13.2 Å². The van der Waals surface area contributed by atoms with Gasteiger partial charge in [0.15, 0.2) is 0 Å². The number of nitrogens with zero attached hydrogens (tertiary/aromatic N) is 1. The van der Waals surface area contributed by atoms with Crippen LogP contribution in [0.5, 0.6) is 0 Å². The largest absolute Gasteiger partial charge is 0.395 e. The van der Waals surface area contributed by atoms with Crippen LogP contribution >= 0.6 is 11.6 Å². The van der Waals surface area contributed by atoms with Gasteiger partial charge in [0.25, 0.3) is 0 Å². The maximum Gasteiger partial charge on any atom is 0.243 e. The summed E-state index contributed by atoms with van der Waals surface area (Å²) in [7, 11) is -3.62. The van der Waals surface area contributed by atoms with Crippen LogP contribution in [0.25, 0.3) is 0 Å². The minimum Gasteiger partial charge on any atom is -0.395 e. The van der Waals surface area contributed by atoms with Crippen molar-refractivity contribution in [2.24, 2.45) is 0 Å². The number of halogens is 1. The number of sulfonamides is 1. The fourth-order valence-corrected chi connectivity index (χ4v) is 4.05. The van der Waals surface area contributed by atoms with Gasteiger partial charge in [-0.25, -0.2) is 8.42 Å². The van der Waals surface area contributed by atoms with E-state index >= 15 is 0 Å². The Morgan fingerprint density at radius 1 is 1.26 bits per heavy atom. The van der Waals surface area contributed by atoms with Crippen molar-refractivity contribution in [3.63, 3.8) is 0 Å². The molecule has 0 aliphatic rings. The molecule has 1 rings (SSSR count). The summed E-state index contributed by atoms with van der Waals surface area (Å²) in [6.45, 7) is 6.93. The quantitative estimate of drug-likeness (QED) is 0.908. The Morgan fingerprint density at radius 3 is 2.32 bits per heavy atom. The normalized spacial score (nSPS) is 12.4. The molecule has 0 aliphatic heterocycles. The standard InChI is InChI=1S/C13H20ClNO3S/c1-9(2)15(5-6-16)19(17,18)13-8-10(3)12(14)7-11(13)4/h7-9,16H,5-6H2,1-4H3. The first-order valence-electron chi connectivity index (χ1n) is 6.11. The van der Waals surface area contributed by atoms with E-state index in [9.17, 15) is 8.42 Å². The minimum atomic E-state index is -3.62. The number of hydrogen-bond donors (Lipinski definition) is 1. The Kier molecular flexibility index (Phi) is 5.38. The van der Waals surface area contributed by atoms with Crippen LogP contribution in [0.15, 0.2) is 17.0 Å². The van der Waals surface area contributed by atoms with Crippen molar-refractivity contribution in [2.45, 2.75) is 38.6 Å². The molecular formula is C13H20ClNO3S. The lowest BCUT2D eigenvalue weighted by Crippen LogP contribution is -2.39. The number of aliphatic hydroxyl groups excluding tert-OH is 1. The van der Waals surface area contributed by atoms with Crippen LogP contribution in [0.4, 0.5) is 0 Å². The van der Waals surface area contributed by atoms with E-state index in [2.05, 4.69) is 0 Å². The molecule has 1 aromatic carbocycles. The Balaban J connectivity index is 3.37. The van der Waals surface area contributed by atoms with Gasteiger partial charge < -0.3 is 5.11 Å². The van der Waals surface area contributed by atoms with E-state index < -0.39 is 10.0 Å². The predicted molar refractivity (Wildman–Crippen MR) is 77.0 cm³/mol. The highest BCUT2D eigenvalue weighted by Crippen LogP contribution is 2.27. The molecule has 0 unspecified atom stereocenters. The van der Waals surface area contributed by atoms with Gasteiger partial charge in [0.05, 0.1) is 11.5 Å². The van der Waals surface area contributed by atoms with E-state index in [-0.39, 0.29) is 24.1 Å². The molecule has 0 saturated heterocycles. The first kappa shape index (κ1) is 16.4. The number of rotatable bonds is 5. The Hall–Kier alpha value is -0.620. The van der Waals surface area contributed by atoms with Crippen molar-refractivity contribution in [1.82, 2.24) is 4.31 Å². The third kappa shape index (κ3) is 3.48. The Labute approximate surface area is 120 Å². The molecule has 0 spiro atoms. The topological polar surface area (TPSA) is 57.6 Å². The van der Waals surface area contributed by atoms with Crippen LogP contribution in [0.1, 0.15) is 25.0 Å². The van der Waals surface area contributed by atoms with Gasteiger partial charge in [0.1, 0.15) is 0 Å². The molecule has 0 saturated carbocycles. The molecular weight excluding hydrogens is 286 g/mol. The van der Waals surface area contributed by atoms with Crippen LogP contribution < -0.4 is 0 Å². The highest BCUT2D eigenvalue weighted by Gasteiger charge is 2.28. The van der Waals surface area contributed by atoms with Crippen LogP contribution in [-0.2, 0) is 10.0 Å². The molecule has 0 heterocycles. The smallest absolute Gasteiger partial charge is 0.243 e. The highest BCUT2D eigenvalue weighted by molar-refractivity contribution is 7.89. The average molecular weight is 306 g/mol. The molecule has 0 amide bonds. The van der Waals surface area contributed by atoms with E-state index in [1.165, 1.54) is 4.31 Å². The molecule has 0 radical (unpaired) electrons. The zero-order valence-electron chi connectivity index (χ0n) is 11.6. The van der Waals surface area contributed by atoms with Gasteiger partial charge in [-0.3, -0.25) is 0 Å². The summed E-state index contributed by atoms with van der Waals surface area (Å²) >= 11 is 5.99. The SMILES string of the molecule is Cc1cc(S(=O)(=O)N(CCO)C(C)C)c(C)cc1Cl. The van der Waals surface area contributed by atoms with Gasteiger partial charge in [-0.15, -0.1) is 0 Å². The first-order valence-corrected chi connectivity index (χ1v) is 7.93. The fraction of sp³-hybridized carbons (Fsp3) is 0.538. The van der Waals surface area contributed by atoms with Crippen LogP contribution in [-0.4, -0.2) is 37.0 Å². The van der Waals surface area contributed by atoms with Gasteiger partial charge in [-0.1, -0.05) is 11.6 Å². The summed E-state index contributed by atoms with van der Waals surface area (Å²) in [5, 5.41) is 9.59. The second kappa shape index (κ2) is 6.22. The molecule has 1 aromatic rings. The van der Waals surface area contributed by atoms with Crippen LogP contribution in [0, 0.1) is 13.8 Å². The molecule has 1 N–H and O–H groups in total. The zero-order chi connectivity index (χ0) is 14.8. The van der Waals surface area contributed by atoms with Gasteiger partial charge in [0.2, 0.25) is 10.0 Å². The van der Waals surface area contributed by atoms with Gasteiger partial charge in [-0.05, 0) is 51.0 Å². The average Bonchev–Trinajstić information content (AvgIpc) is 2.29. The molecule has 6 heteroatoms. The van der Waals surface area contributed by atoms with Crippen molar-refractivity contribution in [1.29, 1.82) is 0 Å². The maximum atomic E-state index is 12.6. The summed E-state index contributed by atoms with van der Waals surface area (Å²) in [6.07, 6.45) is 0. The van der Waals surface area contributed by atoms with Crippen molar-refractivity contribution in [3.8, 4) is 0 Å². The summed E-state index contributed by atoms with van der Waals surface area (Å²) in [4.78, 5) is 0.247. The van der Waals surface area contributed by atoms with Crippen LogP contribution in [0.2, 0.25) is 5.02 Å². The van der Waals surface area contributed by atoms with Crippen molar-refractivity contribution >= 4 is 21.6 Å². The lowest BCUT2D eigenvalue weighted by atomic mass is 10.2. The number of aliphatic hydroxyl groups is 1. The lowest BCUT2D eigenvalue weighted by molar-refractivity contribution is 0.236. The van der Waals surface area contributed by atoms with E-state index in [0.29, 0.717) is 10.6 Å². The van der Waals surface area contributed by atoms with Crippen molar-refractivity contribution < 1.29 is 13.5 Å². The maximum absolute atomic E-state index is 12.6. The Morgan fingerprint density at radius 2 is 1.84 bits per heavy atom. The summed E-state index contributed by atoms with van der Waals surface area (Å²) in [5.74, 6) is 0. The van der Waals surface area contributed by atoms with Gasteiger partial charge in [0, 0.05) is 17.6 Å². The molecule has 0 atom stereocenters. The zero-order valence-corrected chi connectivity index (χ0v) is 13.2. The summed E-state index contributed by atoms with van der Waals surface area (Å²) < 4.78 is 26.5. The molecule has 0 aliphatic carbocycles. The minimum absolute atomic E-state index is 0.0844. The summed E-state index contributed by atoms with van der Waals surface area (Å²) in [6, 6.07) is 3.02. The fourth-order valence-electron chi connectivity index (χ4n) is 1.91. The highest BCUT2D eigenvalue weighted by atomic mass is 35.5. The van der Waals surface area contributed by atoms with Crippen molar-refractivity contribution in [3.05, 3.63) is 28.3 Å². The first-order chi connectivity index (χ1) is 8.71. The Bertz CT molecular complexity index is 555.